The summed E-state index contributed by atoms with van der Waals surface area (Å²) in [6.45, 7) is 1.86. The number of rotatable bonds is 5. The molecule has 3 aromatic carbocycles. The highest BCUT2D eigenvalue weighted by Gasteiger charge is 2.12. The summed E-state index contributed by atoms with van der Waals surface area (Å²) in [6.07, 6.45) is 1.49. The van der Waals surface area contributed by atoms with Crippen molar-refractivity contribution in [3.8, 4) is 5.75 Å². The molecule has 0 spiro atoms. The van der Waals surface area contributed by atoms with Crippen molar-refractivity contribution in [1.29, 1.82) is 0 Å². The average molecular weight is 398 g/mol. The van der Waals surface area contributed by atoms with E-state index in [1.807, 2.05) is 37.3 Å². The van der Waals surface area contributed by atoms with Crippen LogP contribution in [-0.4, -0.2) is 18.1 Å². The molecule has 0 bridgehead atoms. The van der Waals surface area contributed by atoms with Gasteiger partial charge in [0, 0.05) is 5.39 Å². The normalized spacial score (nSPS) is 11.0. The number of amides is 1. The fourth-order valence-electron chi connectivity index (χ4n) is 2.90. The van der Waals surface area contributed by atoms with Gasteiger partial charge in [0.15, 0.2) is 5.76 Å². The van der Waals surface area contributed by atoms with E-state index in [2.05, 4.69) is 10.5 Å². The summed E-state index contributed by atoms with van der Waals surface area (Å²) in [5, 5.41) is 4.80. The van der Waals surface area contributed by atoms with Crippen LogP contribution in [0.3, 0.4) is 0 Å². The quantitative estimate of drug-likeness (QED) is 0.228. The zero-order chi connectivity index (χ0) is 20.9. The molecule has 0 radical (unpaired) electrons. The lowest BCUT2D eigenvalue weighted by Gasteiger charge is -2.06. The topological polar surface area (TPSA) is 80.9 Å². The number of hydrogen-bond donors (Lipinski definition) is 1. The first-order valence-corrected chi connectivity index (χ1v) is 9.30. The first-order chi connectivity index (χ1) is 14.6. The molecule has 148 valence electrons. The highest BCUT2D eigenvalue weighted by molar-refractivity contribution is 5.96. The van der Waals surface area contributed by atoms with Gasteiger partial charge in [-0.15, -0.1) is 0 Å². The van der Waals surface area contributed by atoms with Crippen LogP contribution in [0.15, 0.2) is 88.4 Å². The minimum atomic E-state index is -0.439. The van der Waals surface area contributed by atoms with Crippen molar-refractivity contribution in [2.24, 2.45) is 5.10 Å². The predicted octanol–water partition coefficient (Wildman–Crippen LogP) is 4.72. The summed E-state index contributed by atoms with van der Waals surface area (Å²) in [7, 11) is 0. The molecule has 0 fully saturated rings. The number of esters is 1. The minimum Gasteiger partial charge on any atom is -0.451 e. The highest BCUT2D eigenvalue weighted by atomic mass is 16.5. The molecule has 4 rings (SSSR count). The van der Waals surface area contributed by atoms with Crippen molar-refractivity contribution in [2.75, 3.05) is 0 Å². The fraction of sp³-hybridized carbons (Fsp3) is 0.0417. The number of furan rings is 1. The molecule has 0 saturated heterocycles. The van der Waals surface area contributed by atoms with Crippen LogP contribution < -0.4 is 10.2 Å². The molecule has 0 aliphatic heterocycles. The summed E-state index contributed by atoms with van der Waals surface area (Å²) in [6, 6.07) is 23.1. The Hall–Kier alpha value is -4.19. The maximum absolute atomic E-state index is 12.3. The summed E-state index contributed by atoms with van der Waals surface area (Å²) >= 11 is 0. The van der Waals surface area contributed by atoms with Crippen molar-refractivity contribution >= 4 is 29.1 Å². The van der Waals surface area contributed by atoms with Gasteiger partial charge >= 0.3 is 11.9 Å². The number of ether oxygens (including phenoxy) is 1. The summed E-state index contributed by atoms with van der Waals surface area (Å²) in [5.41, 5.74) is 5.19. The minimum absolute atomic E-state index is 0.187. The molecule has 6 nitrogen and oxygen atoms in total. The second kappa shape index (κ2) is 8.45. The van der Waals surface area contributed by atoms with Gasteiger partial charge in [-0.2, -0.15) is 5.10 Å². The summed E-state index contributed by atoms with van der Waals surface area (Å²) in [5.74, 6) is -0.239. The van der Waals surface area contributed by atoms with E-state index < -0.39 is 11.9 Å². The van der Waals surface area contributed by atoms with Crippen LogP contribution in [0.25, 0.3) is 11.0 Å². The van der Waals surface area contributed by atoms with Crippen LogP contribution in [0, 0.1) is 6.92 Å². The van der Waals surface area contributed by atoms with Crippen LogP contribution >= 0.6 is 0 Å². The predicted molar refractivity (Wildman–Crippen MR) is 114 cm³/mol. The maximum Gasteiger partial charge on any atom is 0.343 e. The van der Waals surface area contributed by atoms with Crippen molar-refractivity contribution in [1.82, 2.24) is 5.43 Å². The summed E-state index contributed by atoms with van der Waals surface area (Å²) in [4.78, 5) is 24.4. The van der Waals surface area contributed by atoms with Gasteiger partial charge in [0.1, 0.15) is 11.3 Å². The number of fused-ring (bicyclic) bond motifs is 1. The number of carbonyl (C=O) groups is 2. The number of para-hydroxylation sites is 1. The smallest absolute Gasteiger partial charge is 0.343 e. The molecule has 1 heterocycles. The molecular weight excluding hydrogens is 380 g/mol. The van der Waals surface area contributed by atoms with E-state index in [-0.39, 0.29) is 5.76 Å². The zero-order valence-corrected chi connectivity index (χ0v) is 16.2. The average Bonchev–Trinajstić information content (AvgIpc) is 3.20. The van der Waals surface area contributed by atoms with Gasteiger partial charge < -0.3 is 9.15 Å². The molecule has 0 saturated carbocycles. The van der Waals surface area contributed by atoms with Gasteiger partial charge in [0.2, 0.25) is 0 Å². The molecule has 1 N–H and O–H groups in total. The van der Waals surface area contributed by atoms with E-state index >= 15 is 0 Å². The second-order valence-corrected chi connectivity index (χ2v) is 6.62. The van der Waals surface area contributed by atoms with Gasteiger partial charge in [-0.3, -0.25) is 4.79 Å². The monoisotopic (exact) mass is 398 g/mol. The Kier molecular flexibility index (Phi) is 5.39. The third kappa shape index (κ3) is 4.28. The van der Waals surface area contributed by atoms with E-state index in [0.29, 0.717) is 16.9 Å². The van der Waals surface area contributed by atoms with E-state index in [9.17, 15) is 9.59 Å². The van der Waals surface area contributed by atoms with Crippen molar-refractivity contribution in [3.05, 3.63) is 101 Å². The molecule has 0 aliphatic rings. The van der Waals surface area contributed by atoms with Crippen molar-refractivity contribution in [2.45, 2.75) is 6.92 Å². The largest absolute Gasteiger partial charge is 0.451 e. The molecule has 1 aromatic heterocycles. The number of aryl methyl sites for hydroxylation is 1. The van der Waals surface area contributed by atoms with Crippen LogP contribution in [0.4, 0.5) is 0 Å². The molecular formula is C24H18N2O4. The molecule has 0 atom stereocenters. The number of hydrogen-bond acceptors (Lipinski definition) is 5. The Morgan fingerprint density at radius 3 is 2.47 bits per heavy atom. The molecule has 30 heavy (non-hydrogen) atoms. The Morgan fingerprint density at radius 2 is 1.70 bits per heavy atom. The third-order valence-electron chi connectivity index (χ3n) is 4.48. The molecule has 0 aliphatic carbocycles. The number of nitrogens with one attached hydrogen (secondary N) is 1. The molecule has 0 unspecified atom stereocenters. The second-order valence-electron chi connectivity index (χ2n) is 6.62. The molecule has 1 amide bonds. The van der Waals surface area contributed by atoms with Crippen LogP contribution in [-0.2, 0) is 0 Å². The van der Waals surface area contributed by atoms with Crippen LogP contribution in [0.5, 0.6) is 5.75 Å². The van der Waals surface area contributed by atoms with E-state index in [0.717, 1.165) is 16.5 Å². The van der Waals surface area contributed by atoms with Gasteiger partial charge in [0.25, 0.3) is 0 Å². The maximum atomic E-state index is 12.3. The zero-order valence-electron chi connectivity index (χ0n) is 16.2. The number of nitrogens with zero attached hydrogens (tertiary/aromatic N) is 1. The number of hydrazone groups is 1. The van der Waals surface area contributed by atoms with Gasteiger partial charge in [-0.25, -0.2) is 10.2 Å². The summed E-state index contributed by atoms with van der Waals surface area (Å²) < 4.78 is 10.9. The lowest BCUT2D eigenvalue weighted by molar-refractivity contribution is 0.0733. The third-order valence-corrected chi connectivity index (χ3v) is 4.48. The highest BCUT2D eigenvalue weighted by Crippen LogP contribution is 2.19. The Labute approximate surface area is 172 Å². The van der Waals surface area contributed by atoms with E-state index in [1.54, 1.807) is 48.5 Å². The molecule has 6 heteroatoms. The first kappa shape index (κ1) is 19.1. The SMILES string of the molecule is Cc1ccccc1C(=O)Oc1ccc(C=NNC(=O)c2cc3ccccc3o2)cc1. The van der Waals surface area contributed by atoms with E-state index in [4.69, 9.17) is 9.15 Å². The lowest BCUT2D eigenvalue weighted by atomic mass is 10.1. The van der Waals surface area contributed by atoms with Gasteiger partial charge in [0.05, 0.1) is 11.8 Å². The Morgan fingerprint density at radius 1 is 0.967 bits per heavy atom. The number of benzene rings is 3. The lowest BCUT2D eigenvalue weighted by Crippen LogP contribution is -2.16. The standard InChI is InChI=1S/C24H18N2O4/c1-16-6-2-4-8-20(16)24(28)29-19-12-10-17(11-13-19)15-25-26-23(27)22-14-18-7-3-5-9-21(18)30-22/h2-15H,1H3,(H,26,27). The Bertz CT molecular complexity index is 1210. The van der Waals surface area contributed by atoms with Crippen LogP contribution in [0.1, 0.15) is 32.0 Å². The van der Waals surface area contributed by atoms with Crippen molar-refractivity contribution < 1.29 is 18.7 Å². The van der Waals surface area contributed by atoms with Crippen LogP contribution in [0.2, 0.25) is 0 Å². The first-order valence-electron chi connectivity index (χ1n) is 9.30. The van der Waals surface area contributed by atoms with Gasteiger partial charge in [-0.05, 0) is 60.5 Å². The number of carbonyl (C=O) groups excluding carboxylic acids is 2. The fourth-order valence-corrected chi connectivity index (χ4v) is 2.90. The molecule has 4 aromatic rings. The van der Waals surface area contributed by atoms with Gasteiger partial charge in [-0.1, -0.05) is 36.4 Å². The Balaban J connectivity index is 1.36. The van der Waals surface area contributed by atoms with Crippen molar-refractivity contribution in [3.63, 3.8) is 0 Å². The van der Waals surface area contributed by atoms with E-state index in [1.165, 1.54) is 6.21 Å².